The number of rotatable bonds is 4. The van der Waals surface area contributed by atoms with Crippen molar-refractivity contribution in [1.29, 1.82) is 0 Å². The van der Waals surface area contributed by atoms with E-state index < -0.39 is 0 Å². The minimum absolute atomic E-state index is 0.0894. The Morgan fingerprint density at radius 1 is 1.05 bits per heavy atom. The maximum atomic E-state index is 11.2. The summed E-state index contributed by atoms with van der Waals surface area (Å²) < 4.78 is 10.3. The van der Waals surface area contributed by atoms with Gasteiger partial charge in [-0.05, 0) is 39.5 Å². The zero-order valence-corrected chi connectivity index (χ0v) is 11.9. The third-order valence-electron chi connectivity index (χ3n) is 3.11. The van der Waals surface area contributed by atoms with E-state index in [1.807, 2.05) is 50.2 Å². The molecule has 0 unspecified atom stereocenters. The summed E-state index contributed by atoms with van der Waals surface area (Å²) >= 11 is 0. The third kappa shape index (κ3) is 6.97. The van der Waals surface area contributed by atoms with Crippen molar-refractivity contribution < 1.29 is 14.3 Å². The Balaban J connectivity index is 0.000000250. The topological polar surface area (TPSA) is 35.5 Å². The van der Waals surface area contributed by atoms with Crippen molar-refractivity contribution in [3.63, 3.8) is 0 Å². The van der Waals surface area contributed by atoms with Crippen LogP contribution in [0.3, 0.4) is 0 Å². The monoisotopic (exact) mass is 264 g/mol. The second-order valence-corrected chi connectivity index (χ2v) is 4.92. The van der Waals surface area contributed by atoms with Crippen LogP contribution in [0.1, 0.15) is 39.5 Å². The molecule has 1 aromatic carbocycles. The normalized spacial score (nSPS) is 16.3. The molecule has 3 nitrogen and oxygen atoms in total. The second-order valence-electron chi connectivity index (χ2n) is 4.92. The predicted molar refractivity (Wildman–Crippen MR) is 75.9 cm³/mol. The molecule has 1 aromatic rings. The number of hydrogen-bond donors (Lipinski definition) is 0. The average molecular weight is 264 g/mol. The number of benzene rings is 1. The Morgan fingerprint density at radius 3 is 1.95 bits per heavy atom. The first-order valence-electron chi connectivity index (χ1n) is 6.96. The summed E-state index contributed by atoms with van der Waals surface area (Å²) in [5.41, 5.74) is -0.214. The second kappa shape index (κ2) is 8.70. The van der Waals surface area contributed by atoms with Crippen LogP contribution < -0.4 is 0 Å². The highest BCUT2D eigenvalue weighted by molar-refractivity contribution is 5.71. The highest BCUT2D eigenvalue weighted by Gasteiger charge is 2.32. The zero-order chi connectivity index (χ0) is 14.0. The highest BCUT2D eigenvalue weighted by atomic mass is 16.6. The van der Waals surface area contributed by atoms with Crippen molar-refractivity contribution in [1.82, 2.24) is 0 Å². The van der Waals surface area contributed by atoms with Crippen LogP contribution in [0, 0.1) is 0 Å². The standard InChI is InChI=1S/C10H18O3.C6H6/c1-3-12-8-9(11)13-10(2)6-4-5-7-10;1-2-4-6-5-3-1/h3-8H2,1-2H3;1-6H. The summed E-state index contributed by atoms with van der Waals surface area (Å²) in [7, 11) is 0. The fraction of sp³-hybridized carbons (Fsp3) is 0.562. The molecule has 2 rings (SSSR count). The van der Waals surface area contributed by atoms with Crippen LogP contribution >= 0.6 is 0 Å². The van der Waals surface area contributed by atoms with E-state index in [4.69, 9.17) is 9.47 Å². The number of ether oxygens (including phenoxy) is 2. The first kappa shape index (κ1) is 15.7. The molecule has 1 aliphatic carbocycles. The minimum Gasteiger partial charge on any atom is -0.458 e. The molecule has 0 radical (unpaired) electrons. The van der Waals surface area contributed by atoms with Gasteiger partial charge in [0.25, 0.3) is 0 Å². The smallest absolute Gasteiger partial charge is 0.332 e. The molecule has 0 aromatic heterocycles. The van der Waals surface area contributed by atoms with E-state index in [1.54, 1.807) is 0 Å². The van der Waals surface area contributed by atoms with E-state index in [1.165, 1.54) is 12.8 Å². The molecule has 0 heterocycles. The Labute approximate surface area is 115 Å². The van der Waals surface area contributed by atoms with Gasteiger partial charge < -0.3 is 9.47 Å². The van der Waals surface area contributed by atoms with Gasteiger partial charge in [-0.1, -0.05) is 36.4 Å². The van der Waals surface area contributed by atoms with E-state index in [0.717, 1.165) is 12.8 Å². The largest absolute Gasteiger partial charge is 0.458 e. The summed E-state index contributed by atoms with van der Waals surface area (Å²) in [5.74, 6) is -0.230. The number of esters is 1. The highest BCUT2D eigenvalue weighted by Crippen LogP contribution is 2.32. The van der Waals surface area contributed by atoms with Crippen molar-refractivity contribution in [2.24, 2.45) is 0 Å². The lowest BCUT2D eigenvalue weighted by Gasteiger charge is -2.23. The lowest BCUT2D eigenvalue weighted by molar-refractivity contribution is -0.162. The predicted octanol–water partition coefficient (Wildman–Crippen LogP) is 3.59. The van der Waals surface area contributed by atoms with E-state index in [9.17, 15) is 4.79 Å². The van der Waals surface area contributed by atoms with E-state index in [-0.39, 0.29) is 18.2 Å². The fourth-order valence-corrected chi connectivity index (χ4v) is 2.10. The number of carbonyl (C=O) groups excluding carboxylic acids is 1. The maximum Gasteiger partial charge on any atom is 0.332 e. The van der Waals surface area contributed by atoms with E-state index in [0.29, 0.717) is 6.61 Å². The summed E-state index contributed by atoms with van der Waals surface area (Å²) in [6.45, 7) is 4.52. The summed E-state index contributed by atoms with van der Waals surface area (Å²) in [5, 5.41) is 0. The molecular formula is C16H24O3. The fourth-order valence-electron chi connectivity index (χ4n) is 2.10. The van der Waals surface area contributed by atoms with Gasteiger partial charge in [0.2, 0.25) is 0 Å². The summed E-state index contributed by atoms with van der Waals surface area (Å²) in [6, 6.07) is 12.0. The molecule has 0 amide bonds. The van der Waals surface area contributed by atoms with E-state index in [2.05, 4.69) is 0 Å². The molecule has 1 saturated carbocycles. The van der Waals surface area contributed by atoms with Crippen molar-refractivity contribution in [2.45, 2.75) is 45.1 Å². The van der Waals surface area contributed by atoms with Gasteiger partial charge in [0.1, 0.15) is 12.2 Å². The first-order chi connectivity index (χ1) is 9.16. The summed E-state index contributed by atoms with van der Waals surface area (Å²) in [4.78, 5) is 11.2. The van der Waals surface area contributed by atoms with Gasteiger partial charge >= 0.3 is 5.97 Å². The Bertz CT molecular complexity index is 316. The Hall–Kier alpha value is -1.35. The molecule has 19 heavy (non-hydrogen) atoms. The SMILES string of the molecule is CCOCC(=O)OC1(C)CCCC1.c1ccccc1. The van der Waals surface area contributed by atoms with Crippen molar-refractivity contribution in [3.05, 3.63) is 36.4 Å². The van der Waals surface area contributed by atoms with Gasteiger partial charge in [-0.2, -0.15) is 0 Å². The van der Waals surface area contributed by atoms with E-state index >= 15 is 0 Å². The molecule has 0 spiro atoms. The zero-order valence-electron chi connectivity index (χ0n) is 11.9. The minimum atomic E-state index is -0.230. The molecule has 0 N–H and O–H groups in total. The average Bonchev–Trinajstić information content (AvgIpc) is 2.85. The van der Waals surface area contributed by atoms with Crippen LogP contribution in [0.2, 0.25) is 0 Å². The quantitative estimate of drug-likeness (QED) is 0.780. The third-order valence-corrected chi connectivity index (χ3v) is 3.11. The van der Waals surface area contributed by atoms with Crippen LogP contribution in [0.5, 0.6) is 0 Å². The van der Waals surface area contributed by atoms with Crippen LogP contribution in [-0.4, -0.2) is 24.8 Å². The van der Waals surface area contributed by atoms with Gasteiger partial charge in [-0.15, -0.1) is 0 Å². The molecule has 0 aliphatic heterocycles. The van der Waals surface area contributed by atoms with Crippen LogP contribution in [-0.2, 0) is 14.3 Å². The van der Waals surface area contributed by atoms with Crippen LogP contribution in [0.25, 0.3) is 0 Å². The van der Waals surface area contributed by atoms with Crippen molar-refractivity contribution >= 4 is 5.97 Å². The van der Waals surface area contributed by atoms with Gasteiger partial charge in [0.15, 0.2) is 0 Å². The maximum absolute atomic E-state index is 11.2. The lowest BCUT2D eigenvalue weighted by Crippen LogP contribution is -2.30. The van der Waals surface area contributed by atoms with Crippen LogP contribution in [0.4, 0.5) is 0 Å². The van der Waals surface area contributed by atoms with Gasteiger partial charge in [-0.3, -0.25) is 0 Å². The first-order valence-corrected chi connectivity index (χ1v) is 6.96. The molecule has 106 valence electrons. The Kier molecular flexibility index (Phi) is 7.19. The molecule has 1 fully saturated rings. The molecule has 1 aliphatic rings. The van der Waals surface area contributed by atoms with Gasteiger partial charge in [0.05, 0.1) is 0 Å². The summed E-state index contributed by atoms with van der Waals surface area (Å²) in [6.07, 6.45) is 4.31. The van der Waals surface area contributed by atoms with Crippen LogP contribution in [0.15, 0.2) is 36.4 Å². The number of carbonyl (C=O) groups is 1. The molecular weight excluding hydrogens is 240 g/mol. The Morgan fingerprint density at radius 2 is 1.53 bits per heavy atom. The van der Waals surface area contributed by atoms with Gasteiger partial charge in [-0.25, -0.2) is 4.79 Å². The molecule has 0 bridgehead atoms. The molecule has 0 atom stereocenters. The van der Waals surface area contributed by atoms with Gasteiger partial charge in [0, 0.05) is 6.61 Å². The molecule has 3 heteroatoms. The number of hydrogen-bond acceptors (Lipinski definition) is 3. The molecule has 0 saturated heterocycles. The lowest BCUT2D eigenvalue weighted by atomic mass is 10.1. The van der Waals surface area contributed by atoms with Crippen molar-refractivity contribution in [2.75, 3.05) is 13.2 Å². The van der Waals surface area contributed by atoms with Crippen molar-refractivity contribution in [3.8, 4) is 0 Å².